The molecule has 2 N–H and O–H groups in total. The summed E-state index contributed by atoms with van der Waals surface area (Å²) < 4.78 is 0. The molecule has 1 aliphatic rings. The molecule has 1 aliphatic carbocycles. The number of rotatable bonds is 8. The van der Waals surface area contributed by atoms with Crippen LogP contribution in [-0.4, -0.2) is 23.5 Å². The second-order valence-corrected chi connectivity index (χ2v) is 7.58. The molecule has 2 nitrogen and oxygen atoms in total. The first-order valence-electron chi connectivity index (χ1n) is 8.33. The average molecular weight is 308 g/mol. The minimum Gasteiger partial charge on any atom is -0.396 e. The van der Waals surface area contributed by atoms with Gasteiger partial charge in [0.15, 0.2) is 0 Å². The zero-order valence-electron chi connectivity index (χ0n) is 13.4. The molecule has 0 unspecified atom stereocenters. The van der Waals surface area contributed by atoms with E-state index in [4.69, 9.17) is 0 Å². The van der Waals surface area contributed by atoms with E-state index in [9.17, 15) is 5.11 Å². The zero-order valence-corrected chi connectivity index (χ0v) is 14.2. The second kappa shape index (κ2) is 8.09. The third-order valence-corrected chi connectivity index (χ3v) is 6.39. The summed E-state index contributed by atoms with van der Waals surface area (Å²) in [5, 5.41) is 14.1. The Morgan fingerprint density at radius 3 is 2.48 bits per heavy atom. The van der Waals surface area contributed by atoms with Crippen molar-refractivity contribution in [1.82, 2.24) is 0 Å². The van der Waals surface area contributed by atoms with Crippen molar-refractivity contribution >= 4 is 17.4 Å². The minimum atomic E-state index is 0.00510. The van der Waals surface area contributed by atoms with Gasteiger partial charge in [-0.2, -0.15) is 0 Å². The molecule has 0 aliphatic heterocycles. The summed E-state index contributed by atoms with van der Waals surface area (Å²) in [5.41, 5.74) is 1.24. The van der Waals surface area contributed by atoms with Crippen LogP contribution in [0, 0.1) is 5.41 Å². The van der Waals surface area contributed by atoms with Gasteiger partial charge in [-0.15, -0.1) is 11.8 Å². The van der Waals surface area contributed by atoms with Gasteiger partial charge in [0.2, 0.25) is 0 Å². The van der Waals surface area contributed by atoms with Crippen molar-refractivity contribution in [2.24, 2.45) is 5.41 Å². The molecule has 0 amide bonds. The fourth-order valence-corrected chi connectivity index (χ4v) is 4.32. The van der Waals surface area contributed by atoms with Crippen LogP contribution in [0.4, 0.5) is 5.69 Å². The summed E-state index contributed by atoms with van der Waals surface area (Å²) in [4.78, 5) is 1.36. The predicted molar refractivity (Wildman–Crippen MR) is 93.1 cm³/mol. The third kappa shape index (κ3) is 4.40. The summed E-state index contributed by atoms with van der Waals surface area (Å²) in [7, 11) is 0. The van der Waals surface area contributed by atoms with Crippen molar-refractivity contribution in [2.75, 3.05) is 18.5 Å². The molecular formula is C18H29NOS. The molecular weight excluding hydrogens is 278 g/mol. The Morgan fingerprint density at radius 1 is 1.19 bits per heavy atom. The molecule has 21 heavy (non-hydrogen) atoms. The van der Waals surface area contributed by atoms with Crippen LogP contribution in [-0.2, 0) is 0 Å². The Bertz CT molecular complexity index is 417. The number of anilines is 1. The molecule has 0 bridgehead atoms. The Balaban J connectivity index is 2.02. The summed E-state index contributed by atoms with van der Waals surface area (Å²) in [6.45, 7) is 5.44. The highest BCUT2D eigenvalue weighted by Gasteiger charge is 2.25. The Hall–Kier alpha value is -0.670. The summed E-state index contributed by atoms with van der Waals surface area (Å²) in [6.07, 6.45) is 7.47. The lowest BCUT2D eigenvalue weighted by molar-refractivity contribution is 0.127. The van der Waals surface area contributed by atoms with Gasteiger partial charge in [0, 0.05) is 27.8 Å². The third-order valence-electron chi connectivity index (χ3n) is 4.97. The van der Waals surface area contributed by atoms with Crippen LogP contribution < -0.4 is 5.32 Å². The maximum absolute atomic E-state index is 9.71. The van der Waals surface area contributed by atoms with E-state index in [1.54, 1.807) is 0 Å². The van der Waals surface area contributed by atoms with Gasteiger partial charge >= 0.3 is 0 Å². The molecule has 0 heterocycles. The standard InChI is InChI=1S/C18H29NOS/c1-3-18(4-2,14-20)13-19-16-11-7-8-12-17(16)21-15-9-5-6-10-15/h7-8,11-12,15,19-20H,3-6,9-10,13-14H2,1-2H3. The van der Waals surface area contributed by atoms with E-state index in [0.29, 0.717) is 0 Å². The molecule has 1 saturated carbocycles. The number of hydrogen-bond donors (Lipinski definition) is 2. The van der Waals surface area contributed by atoms with E-state index in [1.165, 1.54) is 36.3 Å². The Labute approximate surface area is 133 Å². The van der Waals surface area contributed by atoms with Crippen molar-refractivity contribution in [3.8, 4) is 0 Å². The summed E-state index contributed by atoms with van der Waals surface area (Å²) in [5.74, 6) is 0. The van der Waals surface area contributed by atoms with Gasteiger partial charge < -0.3 is 10.4 Å². The normalized spacial score (nSPS) is 16.3. The zero-order chi connectivity index (χ0) is 15.1. The van der Waals surface area contributed by atoms with Crippen LogP contribution in [0.2, 0.25) is 0 Å². The van der Waals surface area contributed by atoms with E-state index in [-0.39, 0.29) is 12.0 Å². The van der Waals surface area contributed by atoms with E-state index >= 15 is 0 Å². The summed E-state index contributed by atoms with van der Waals surface area (Å²) >= 11 is 2.03. The first-order chi connectivity index (χ1) is 10.2. The van der Waals surface area contributed by atoms with E-state index in [2.05, 4.69) is 43.4 Å². The number of aliphatic hydroxyl groups excluding tert-OH is 1. The number of thioether (sulfide) groups is 1. The largest absolute Gasteiger partial charge is 0.396 e. The topological polar surface area (TPSA) is 32.3 Å². The van der Waals surface area contributed by atoms with Crippen LogP contribution >= 0.6 is 11.8 Å². The lowest BCUT2D eigenvalue weighted by Crippen LogP contribution is -2.32. The summed E-state index contributed by atoms with van der Waals surface area (Å²) in [6, 6.07) is 8.62. The molecule has 118 valence electrons. The number of para-hydroxylation sites is 1. The lowest BCUT2D eigenvalue weighted by Gasteiger charge is -2.30. The van der Waals surface area contributed by atoms with Crippen molar-refractivity contribution in [1.29, 1.82) is 0 Å². The predicted octanol–water partition coefficient (Wildman–Crippen LogP) is 4.93. The van der Waals surface area contributed by atoms with Crippen molar-refractivity contribution in [3.63, 3.8) is 0 Å². The maximum Gasteiger partial charge on any atom is 0.0504 e. The molecule has 0 spiro atoms. The molecule has 1 aromatic carbocycles. The highest BCUT2D eigenvalue weighted by molar-refractivity contribution is 8.00. The van der Waals surface area contributed by atoms with Crippen molar-refractivity contribution < 1.29 is 5.11 Å². The number of benzene rings is 1. The molecule has 1 aromatic rings. The van der Waals surface area contributed by atoms with E-state index in [0.717, 1.165) is 24.6 Å². The molecule has 3 heteroatoms. The van der Waals surface area contributed by atoms with Gasteiger partial charge in [0.1, 0.15) is 0 Å². The first kappa shape index (κ1) is 16.7. The van der Waals surface area contributed by atoms with Gasteiger partial charge in [0.05, 0.1) is 6.61 Å². The van der Waals surface area contributed by atoms with Gasteiger partial charge in [-0.25, -0.2) is 0 Å². The minimum absolute atomic E-state index is 0.00510. The van der Waals surface area contributed by atoms with E-state index < -0.39 is 0 Å². The smallest absolute Gasteiger partial charge is 0.0504 e. The monoisotopic (exact) mass is 307 g/mol. The van der Waals surface area contributed by atoms with Gasteiger partial charge in [-0.1, -0.05) is 38.8 Å². The molecule has 0 atom stereocenters. The van der Waals surface area contributed by atoms with Crippen LogP contribution in [0.5, 0.6) is 0 Å². The van der Waals surface area contributed by atoms with Crippen LogP contribution in [0.15, 0.2) is 29.2 Å². The Kier molecular flexibility index (Phi) is 6.43. The molecule has 2 rings (SSSR count). The van der Waals surface area contributed by atoms with Gasteiger partial charge in [-0.05, 0) is 37.8 Å². The van der Waals surface area contributed by atoms with Crippen LogP contribution in [0.3, 0.4) is 0 Å². The maximum atomic E-state index is 9.71. The van der Waals surface area contributed by atoms with Crippen molar-refractivity contribution in [2.45, 2.75) is 62.5 Å². The van der Waals surface area contributed by atoms with Crippen LogP contribution in [0.1, 0.15) is 52.4 Å². The quantitative estimate of drug-likeness (QED) is 0.714. The molecule has 0 aromatic heterocycles. The van der Waals surface area contributed by atoms with Crippen LogP contribution in [0.25, 0.3) is 0 Å². The highest BCUT2D eigenvalue weighted by Crippen LogP contribution is 2.38. The van der Waals surface area contributed by atoms with E-state index in [1.807, 2.05) is 11.8 Å². The molecule has 0 saturated heterocycles. The number of aliphatic hydroxyl groups is 1. The Morgan fingerprint density at radius 2 is 1.86 bits per heavy atom. The van der Waals surface area contributed by atoms with Crippen molar-refractivity contribution in [3.05, 3.63) is 24.3 Å². The lowest BCUT2D eigenvalue weighted by atomic mass is 9.83. The fraction of sp³-hybridized carbons (Fsp3) is 0.667. The van der Waals surface area contributed by atoms with Gasteiger partial charge in [0.25, 0.3) is 0 Å². The highest BCUT2D eigenvalue weighted by atomic mass is 32.2. The molecule has 1 fully saturated rings. The average Bonchev–Trinajstić information content (AvgIpc) is 3.04. The number of hydrogen-bond acceptors (Lipinski definition) is 3. The molecule has 0 radical (unpaired) electrons. The first-order valence-corrected chi connectivity index (χ1v) is 9.21. The SMILES string of the molecule is CCC(CC)(CO)CNc1ccccc1SC1CCCC1. The number of nitrogens with one attached hydrogen (secondary N) is 1. The second-order valence-electron chi connectivity index (χ2n) is 6.24. The van der Waals surface area contributed by atoms with Gasteiger partial charge in [-0.3, -0.25) is 0 Å². The fourth-order valence-electron chi connectivity index (χ4n) is 2.96.